The molecule has 11 nitrogen and oxygen atoms in total. The predicted octanol–water partition coefficient (Wildman–Crippen LogP) is 3.09. The summed E-state index contributed by atoms with van der Waals surface area (Å²) in [4.78, 5) is 32.5. The number of carboxylic acid groups (broad SMARTS) is 1. The molecule has 2 heterocycles. The van der Waals surface area contributed by atoms with E-state index in [9.17, 15) is 20.0 Å². The van der Waals surface area contributed by atoms with Crippen molar-refractivity contribution in [2.45, 2.75) is 76.5 Å². The molecule has 1 saturated heterocycles. The van der Waals surface area contributed by atoms with E-state index in [2.05, 4.69) is 27.5 Å². The number of carbonyl (C=O) groups is 1. The molecular formula is C19H30N6O5. The van der Waals surface area contributed by atoms with Crippen LogP contribution in [0.5, 0.6) is 0 Å². The van der Waals surface area contributed by atoms with Crippen LogP contribution in [0, 0.1) is 10.1 Å². The number of amides is 1. The Kier molecular flexibility index (Phi) is 6.02. The van der Waals surface area contributed by atoms with Gasteiger partial charge in [0.15, 0.2) is 0 Å². The second kappa shape index (κ2) is 8.21. The zero-order valence-corrected chi connectivity index (χ0v) is 17.8. The Labute approximate surface area is 175 Å². The summed E-state index contributed by atoms with van der Waals surface area (Å²) in [6.07, 6.45) is 2.94. The van der Waals surface area contributed by atoms with Gasteiger partial charge in [0, 0.05) is 36.4 Å². The maximum atomic E-state index is 11.6. The lowest BCUT2D eigenvalue weighted by Gasteiger charge is -2.47. The molecule has 0 atom stereocenters. The molecule has 0 aromatic carbocycles. The maximum Gasteiger partial charge on any atom is 0.407 e. The molecule has 11 heteroatoms. The first-order valence-corrected chi connectivity index (χ1v) is 10.1. The molecule has 1 aromatic heterocycles. The lowest BCUT2D eigenvalue weighted by molar-refractivity contribution is -0.384. The second-order valence-corrected chi connectivity index (χ2v) is 9.27. The zero-order chi connectivity index (χ0) is 22.1. The highest BCUT2D eigenvalue weighted by Gasteiger charge is 2.42. The second-order valence-electron chi connectivity index (χ2n) is 9.27. The van der Waals surface area contributed by atoms with E-state index in [4.69, 9.17) is 4.74 Å². The normalized spacial score (nSPS) is 23.2. The van der Waals surface area contributed by atoms with Crippen molar-refractivity contribution in [3.05, 3.63) is 16.3 Å². The van der Waals surface area contributed by atoms with Crippen LogP contribution < -0.4 is 10.6 Å². The predicted molar refractivity (Wildman–Crippen MR) is 111 cm³/mol. The average molecular weight is 422 g/mol. The van der Waals surface area contributed by atoms with Gasteiger partial charge in [0.05, 0.1) is 4.92 Å². The van der Waals surface area contributed by atoms with Crippen LogP contribution in [-0.2, 0) is 4.74 Å². The van der Waals surface area contributed by atoms with E-state index in [0.717, 1.165) is 12.8 Å². The van der Waals surface area contributed by atoms with E-state index < -0.39 is 16.6 Å². The van der Waals surface area contributed by atoms with Crippen molar-refractivity contribution in [2.24, 2.45) is 0 Å². The molecule has 1 aliphatic heterocycles. The monoisotopic (exact) mass is 422 g/mol. The van der Waals surface area contributed by atoms with E-state index >= 15 is 0 Å². The third kappa shape index (κ3) is 4.89. The topological polar surface area (TPSA) is 143 Å². The number of nitrogens with one attached hydrogen (secondary N) is 2. The maximum absolute atomic E-state index is 11.6. The summed E-state index contributed by atoms with van der Waals surface area (Å²) in [5.41, 5.74) is -0.951. The fourth-order valence-electron chi connectivity index (χ4n) is 3.99. The molecule has 1 aromatic rings. The number of hydrogen-bond donors (Lipinski definition) is 3. The smallest absolute Gasteiger partial charge is 0.407 e. The highest BCUT2D eigenvalue weighted by atomic mass is 16.6. The van der Waals surface area contributed by atoms with E-state index in [1.54, 1.807) is 0 Å². The van der Waals surface area contributed by atoms with Crippen molar-refractivity contribution in [3.8, 4) is 0 Å². The summed E-state index contributed by atoms with van der Waals surface area (Å²) >= 11 is 0. The van der Waals surface area contributed by atoms with Crippen LogP contribution in [0.1, 0.15) is 53.4 Å². The molecule has 0 bridgehead atoms. The number of aromatic nitrogens is 2. The van der Waals surface area contributed by atoms with E-state index in [-0.39, 0.29) is 29.1 Å². The summed E-state index contributed by atoms with van der Waals surface area (Å²) in [6, 6.07) is -0.237. The zero-order valence-electron chi connectivity index (χ0n) is 17.8. The Bertz CT molecular complexity index is 799. The van der Waals surface area contributed by atoms with Crippen LogP contribution >= 0.6 is 0 Å². The minimum atomic E-state index is -0.963. The average Bonchev–Trinajstić information content (AvgIpc) is 2.58. The van der Waals surface area contributed by atoms with Crippen molar-refractivity contribution >= 4 is 23.5 Å². The number of rotatable bonds is 6. The summed E-state index contributed by atoms with van der Waals surface area (Å²) in [7, 11) is 0. The Morgan fingerprint density at radius 1 is 1.37 bits per heavy atom. The van der Waals surface area contributed by atoms with Gasteiger partial charge in [0.25, 0.3) is 0 Å². The molecule has 166 valence electrons. The first-order valence-electron chi connectivity index (χ1n) is 10.1. The molecular weight excluding hydrogens is 392 g/mol. The minimum absolute atomic E-state index is 0.0979. The molecule has 0 unspecified atom stereocenters. The van der Waals surface area contributed by atoms with Gasteiger partial charge in [-0.1, -0.05) is 0 Å². The third-order valence-corrected chi connectivity index (χ3v) is 5.72. The molecule has 3 N–H and O–H groups in total. The Morgan fingerprint density at radius 2 is 2.00 bits per heavy atom. The quantitative estimate of drug-likeness (QED) is 0.465. The highest BCUT2D eigenvalue weighted by molar-refractivity contribution is 5.67. The SMILES string of the molecule is CC1(Nc2ncc([N+](=O)[O-])c(NC3CC(N(C(=O)O)C(C)(C)C)C3)n2)CCOCC1. The first-order chi connectivity index (χ1) is 14.0. The van der Waals surface area contributed by atoms with Crippen molar-refractivity contribution < 1.29 is 19.6 Å². The van der Waals surface area contributed by atoms with Gasteiger partial charge >= 0.3 is 11.8 Å². The number of hydrogen-bond acceptors (Lipinski definition) is 8. The van der Waals surface area contributed by atoms with Gasteiger partial charge < -0.3 is 25.4 Å². The largest absolute Gasteiger partial charge is 0.465 e. The fourth-order valence-corrected chi connectivity index (χ4v) is 3.99. The van der Waals surface area contributed by atoms with Gasteiger partial charge in [-0.3, -0.25) is 10.1 Å². The van der Waals surface area contributed by atoms with Gasteiger partial charge in [-0.2, -0.15) is 4.98 Å². The molecule has 0 spiro atoms. The third-order valence-electron chi connectivity index (χ3n) is 5.72. The van der Waals surface area contributed by atoms with Crippen LogP contribution in [-0.4, -0.2) is 67.4 Å². The van der Waals surface area contributed by atoms with Gasteiger partial charge in [-0.25, -0.2) is 9.78 Å². The Hall–Kier alpha value is -2.69. The van der Waals surface area contributed by atoms with Crippen LogP contribution in [0.15, 0.2) is 6.20 Å². The molecule has 30 heavy (non-hydrogen) atoms. The van der Waals surface area contributed by atoms with Crippen molar-refractivity contribution in [2.75, 3.05) is 23.8 Å². The summed E-state index contributed by atoms with van der Waals surface area (Å²) in [5, 5.41) is 27.4. The first kappa shape index (κ1) is 22.0. The fraction of sp³-hybridized carbons (Fsp3) is 0.737. The van der Waals surface area contributed by atoms with Crippen LogP contribution in [0.2, 0.25) is 0 Å². The molecule has 0 radical (unpaired) electrons. The molecule has 3 rings (SSSR count). The molecule has 1 saturated carbocycles. The molecule has 1 aliphatic carbocycles. The summed E-state index contributed by atoms with van der Waals surface area (Å²) in [5.74, 6) is 0.472. The van der Waals surface area contributed by atoms with E-state index in [1.807, 2.05) is 20.8 Å². The Morgan fingerprint density at radius 3 is 2.53 bits per heavy atom. The van der Waals surface area contributed by atoms with Crippen molar-refractivity contribution in [3.63, 3.8) is 0 Å². The van der Waals surface area contributed by atoms with Crippen LogP contribution in [0.3, 0.4) is 0 Å². The summed E-state index contributed by atoms with van der Waals surface area (Å²) < 4.78 is 5.39. The van der Waals surface area contributed by atoms with Crippen LogP contribution in [0.25, 0.3) is 0 Å². The minimum Gasteiger partial charge on any atom is -0.465 e. The number of nitro groups is 1. The lowest BCUT2D eigenvalue weighted by atomic mass is 9.83. The van der Waals surface area contributed by atoms with Gasteiger partial charge in [-0.05, 0) is 53.4 Å². The molecule has 1 amide bonds. The Balaban J connectivity index is 1.71. The standard InChI is InChI=1S/C19H30N6O5/c1-18(2,3)24(17(26)27)13-9-12(10-13)21-15-14(25(28)29)11-20-16(22-15)23-19(4)5-7-30-8-6-19/h11-13H,5-10H2,1-4H3,(H,26,27)(H2,20,21,22,23). The van der Waals surface area contributed by atoms with Gasteiger partial charge in [0.1, 0.15) is 6.20 Å². The number of nitrogens with zero attached hydrogens (tertiary/aromatic N) is 4. The van der Waals surface area contributed by atoms with E-state index in [0.29, 0.717) is 32.0 Å². The van der Waals surface area contributed by atoms with Crippen molar-refractivity contribution in [1.82, 2.24) is 14.9 Å². The van der Waals surface area contributed by atoms with Crippen molar-refractivity contribution in [1.29, 1.82) is 0 Å². The lowest BCUT2D eigenvalue weighted by Crippen LogP contribution is -2.58. The van der Waals surface area contributed by atoms with Gasteiger partial charge in [0.2, 0.25) is 11.8 Å². The van der Waals surface area contributed by atoms with E-state index in [1.165, 1.54) is 11.1 Å². The van der Waals surface area contributed by atoms with Gasteiger partial charge in [-0.15, -0.1) is 0 Å². The summed E-state index contributed by atoms with van der Waals surface area (Å²) in [6.45, 7) is 8.89. The molecule has 2 fully saturated rings. The molecule has 2 aliphatic rings. The van der Waals surface area contributed by atoms with Crippen LogP contribution in [0.4, 0.5) is 22.2 Å². The number of anilines is 2. The number of ether oxygens (including phenoxy) is 1. The highest BCUT2D eigenvalue weighted by Crippen LogP contribution is 2.35.